The summed E-state index contributed by atoms with van der Waals surface area (Å²) in [5, 5.41) is 0. The van der Waals surface area contributed by atoms with E-state index in [0.29, 0.717) is 12.5 Å². The topological polar surface area (TPSA) is 58.8 Å². The molecule has 2 fully saturated rings. The standard InChI is InChI=1S/C20H31N3O2.2ClH/c1-2-25-19-8-6-16(7-9-19)15-22-10-12-23(13-11-22)20(24)17-4-3-5-18(21)14-17;;/h6-9,17-18H,2-5,10-15,21H2,1H3;2*1H. The van der Waals surface area contributed by atoms with Crippen molar-refractivity contribution in [3.05, 3.63) is 29.8 Å². The van der Waals surface area contributed by atoms with Crippen LogP contribution in [0, 0.1) is 5.92 Å². The molecule has 0 aromatic heterocycles. The molecule has 1 saturated carbocycles. The molecular weight excluding hydrogens is 385 g/mol. The number of nitrogens with zero attached hydrogens (tertiary/aromatic N) is 2. The molecule has 1 aliphatic heterocycles. The van der Waals surface area contributed by atoms with E-state index in [1.165, 1.54) is 5.56 Å². The first kappa shape index (κ1) is 24.0. The highest BCUT2D eigenvalue weighted by Gasteiger charge is 2.30. The Kier molecular flexibility index (Phi) is 10.5. The molecule has 1 aromatic carbocycles. The third kappa shape index (κ3) is 6.83. The number of carbonyl (C=O) groups is 1. The van der Waals surface area contributed by atoms with Crippen molar-refractivity contribution in [2.45, 2.75) is 45.2 Å². The maximum atomic E-state index is 12.7. The molecule has 7 heteroatoms. The normalized spacial score (nSPS) is 23.1. The molecule has 1 aromatic rings. The van der Waals surface area contributed by atoms with E-state index in [-0.39, 0.29) is 36.8 Å². The van der Waals surface area contributed by atoms with Gasteiger partial charge in [0.1, 0.15) is 5.75 Å². The van der Waals surface area contributed by atoms with Crippen LogP contribution in [0.4, 0.5) is 0 Å². The van der Waals surface area contributed by atoms with Gasteiger partial charge in [0.15, 0.2) is 0 Å². The fourth-order valence-electron chi connectivity index (χ4n) is 3.95. The second kappa shape index (κ2) is 11.7. The Morgan fingerprint density at radius 1 is 1.11 bits per heavy atom. The molecule has 3 rings (SSSR count). The van der Waals surface area contributed by atoms with E-state index in [1.807, 2.05) is 19.1 Å². The van der Waals surface area contributed by atoms with Crippen LogP contribution in [0.5, 0.6) is 5.75 Å². The molecular formula is C20H33Cl2N3O2. The van der Waals surface area contributed by atoms with Crippen LogP contribution in [0.25, 0.3) is 0 Å². The molecule has 2 N–H and O–H groups in total. The van der Waals surface area contributed by atoms with Gasteiger partial charge in [0.2, 0.25) is 5.91 Å². The first-order chi connectivity index (χ1) is 12.2. The van der Waals surface area contributed by atoms with Crippen molar-refractivity contribution in [1.82, 2.24) is 9.80 Å². The van der Waals surface area contributed by atoms with E-state index < -0.39 is 0 Å². The number of halogens is 2. The molecule has 154 valence electrons. The summed E-state index contributed by atoms with van der Waals surface area (Å²) >= 11 is 0. The minimum atomic E-state index is 0. The second-order valence-corrected chi connectivity index (χ2v) is 7.30. The van der Waals surface area contributed by atoms with Gasteiger partial charge in [-0.25, -0.2) is 0 Å². The zero-order chi connectivity index (χ0) is 17.6. The Morgan fingerprint density at radius 3 is 2.37 bits per heavy atom. The van der Waals surface area contributed by atoms with Gasteiger partial charge in [0, 0.05) is 44.7 Å². The third-order valence-electron chi connectivity index (χ3n) is 5.39. The Labute approximate surface area is 175 Å². The minimum Gasteiger partial charge on any atom is -0.494 e. The number of piperazine rings is 1. The lowest BCUT2D eigenvalue weighted by Crippen LogP contribution is -2.50. The molecule has 0 bridgehead atoms. The predicted molar refractivity (Wildman–Crippen MR) is 114 cm³/mol. The van der Waals surface area contributed by atoms with Crippen LogP contribution in [0.1, 0.15) is 38.2 Å². The van der Waals surface area contributed by atoms with Crippen molar-refractivity contribution in [2.24, 2.45) is 11.7 Å². The van der Waals surface area contributed by atoms with Crippen molar-refractivity contribution in [2.75, 3.05) is 32.8 Å². The smallest absolute Gasteiger partial charge is 0.225 e. The quantitative estimate of drug-likeness (QED) is 0.799. The molecule has 1 amide bonds. The lowest BCUT2D eigenvalue weighted by molar-refractivity contribution is -0.138. The van der Waals surface area contributed by atoms with Crippen molar-refractivity contribution in [1.29, 1.82) is 0 Å². The van der Waals surface area contributed by atoms with Crippen LogP contribution in [-0.4, -0.2) is 54.5 Å². The molecule has 2 unspecified atom stereocenters. The van der Waals surface area contributed by atoms with Crippen LogP contribution in [0.15, 0.2) is 24.3 Å². The van der Waals surface area contributed by atoms with Crippen LogP contribution in [0.3, 0.4) is 0 Å². The van der Waals surface area contributed by atoms with Crippen LogP contribution in [0.2, 0.25) is 0 Å². The number of nitrogens with two attached hydrogens (primary N) is 1. The maximum Gasteiger partial charge on any atom is 0.225 e. The molecule has 1 saturated heterocycles. The lowest BCUT2D eigenvalue weighted by Gasteiger charge is -2.37. The number of benzene rings is 1. The lowest BCUT2D eigenvalue weighted by atomic mass is 9.85. The number of amides is 1. The van der Waals surface area contributed by atoms with Gasteiger partial charge in [-0.3, -0.25) is 9.69 Å². The van der Waals surface area contributed by atoms with Crippen molar-refractivity contribution in [3.8, 4) is 5.75 Å². The highest BCUT2D eigenvalue weighted by molar-refractivity contribution is 5.85. The van der Waals surface area contributed by atoms with Crippen LogP contribution >= 0.6 is 24.8 Å². The van der Waals surface area contributed by atoms with E-state index in [4.69, 9.17) is 10.5 Å². The van der Waals surface area contributed by atoms with E-state index in [9.17, 15) is 4.79 Å². The Bertz CT molecular complexity index is 563. The van der Waals surface area contributed by atoms with Crippen molar-refractivity contribution >= 4 is 30.7 Å². The van der Waals surface area contributed by atoms with E-state index in [0.717, 1.165) is 64.2 Å². The summed E-state index contributed by atoms with van der Waals surface area (Å²) in [6.45, 7) is 7.18. The van der Waals surface area contributed by atoms with Crippen LogP contribution < -0.4 is 10.5 Å². The molecule has 2 aliphatic rings. The third-order valence-corrected chi connectivity index (χ3v) is 5.39. The molecule has 2 atom stereocenters. The van der Waals surface area contributed by atoms with Gasteiger partial charge in [-0.15, -0.1) is 24.8 Å². The van der Waals surface area contributed by atoms with Gasteiger partial charge >= 0.3 is 0 Å². The summed E-state index contributed by atoms with van der Waals surface area (Å²) in [5.74, 6) is 1.41. The fraction of sp³-hybridized carbons (Fsp3) is 0.650. The van der Waals surface area contributed by atoms with Gasteiger partial charge < -0.3 is 15.4 Å². The summed E-state index contributed by atoms with van der Waals surface area (Å²) in [5.41, 5.74) is 7.34. The average Bonchev–Trinajstić information content (AvgIpc) is 2.64. The average molecular weight is 418 g/mol. The van der Waals surface area contributed by atoms with Crippen molar-refractivity contribution in [3.63, 3.8) is 0 Å². The van der Waals surface area contributed by atoms with E-state index >= 15 is 0 Å². The highest BCUT2D eigenvalue weighted by Crippen LogP contribution is 2.25. The van der Waals surface area contributed by atoms with Gasteiger partial charge in [0.25, 0.3) is 0 Å². The van der Waals surface area contributed by atoms with E-state index in [2.05, 4.69) is 21.9 Å². The maximum absolute atomic E-state index is 12.7. The molecule has 1 heterocycles. The Morgan fingerprint density at radius 2 is 1.78 bits per heavy atom. The molecule has 27 heavy (non-hydrogen) atoms. The Hall–Kier alpha value is -1.01. The number of carbonyl (C=O) groups excluding carboxylic acids is 1. The summed E-state index contributed by atoms with van der Waals surface area (Å²) in [7, 11) is 0. The first-order valence-electron chi connectivity index (χ1n) is 9.64. The monoisotopic (exact) mass is 417 g/mol. The van der Waals surface area contributed by atoms with Crippen LogP contribution in [-0.2, 0) is 11.3 Å². The number of rotatable bonds is 5. The van der Waals surface area contributed by atoms with Gasteiger partial charge in [-0.1, -0.05) is 18.6 Å². The van der Waals surface area contributed by atoms with E-state index in [1.54, 1.807) is 0 Å². The molecule has 5 nitrogen and oxygen atoms in total. The zero-order valence-electron chi connectivity index (χ0n) is 16.1. The number of hydrogen-bond acceptors (Lipinski definition) is 4. The highest BCUT2D eigenvalue weighted by atomic mass is 35.5. The summed E-state index contributed by atoms with van der Waals surface area (Å²) < 4.78 is 5.49. The van der Waals surface area contributed by atoms with Crippen molar-refractivity contribution < 1.29 is 9.53 Å². The summed E-state index contributed by atoms with van der Waals surface area (Å²) in [6, 6.07) is 8.54. The van der Waals surface area contributed by atoms with Gasteiger partial charge in [0.05, 0.1) is 6.61 Å². The SMILES string of the molecule is CCOc1ccc(CN2CCN(C(=O)C3CCCC(N)C3)CC2)cc1.Cl.Cl. The van der Waals surface area contributed by atoms with Gasteiger partial charge in [-0.2, -0.15) is 0 Å². The zero-order valence-corrected chi connectivity index (χ0v) is 17.8. The number of ether oxygens (including phenoxy) is 1. The number of hydrogen-bond donors (Lipinski definition) is 1. The largest absolute Gasteiger partial charge is 0.494 e. The van der Waals surface area contributed by atoms with Gasteiger partial charge in [-0.05, 0) is 43.9 Å². The molecule has 1 aliphatic carbocycles. The predicted octanol–water partition coefficient (Wildman–Crippen LogP) is 3.09. The first-order valence-corrected chi connectivity index (χ1v) is 9.64. The minimum absolute atomic E-state index is 0. The fourth-order valence-corrected chi connectivity index (χ4v) is 3.95. The Balaban J connectivity index is 0.00000182. The summed E-state index contributed by atoms with van der Waals surface area (Å²) in [4.78, 5) is 17.2. The second-order valence-electron chi connectivity index (χ2n) is 7.30. The molecule has 0 spiro atoms. The summed E-state index contributed by atoms with van der Waals surface area (Å²) in [6.07, 6.45) is 4.04. The molecule has 0 radical (unpaired) electrons.